The Morgan fingerprint density at radius 1 is 1.30 bits per heavy atom. The Hall–Kier alpha value is -1.93. The van der Waals surface area contributed by atoms with E-state index in [4.69, 9.17) is 0 Å². The van der Waals surface area contributed by atoms with Crippen molar-refractivity contribution in [2.45, 2.75) is 38.1 Å². The lowest BCUT2D eigenvalue weighted by molar-refractivity contribution is -0.139. The molecule has 7 nitrogen and oxygen atoms in total. The molecule has 1 rings (SSSR count). The van der Waals surface area contributed by atoms with Crippen LogP contribution in [0.1, 0.15) is 36.2 Å². The Bertz CT molecular complexity index is 696. The summed E-state index contributed by atoms with van der Waals surface area (Å²) in [7, 11) is -2.89. The first-order valence-electron chi connectivity index (χ1n) is 7.02. The number of aryl methyl sites for hydroxylation is 1. The van der Waals surface area contributed by atoms with Crippen molar-refractivity contribution >= 4 is 22.0 Å². The Morgan fingerprint density at radius 2 is 1.91 bits per heavy atom. The van der Waals surface area contributed by atoms with E-state index in [-0.39, 0.29) is 22.8 Å². The van der Waals surface area contributed by atoms with E-state index in [1.807, 2.05) is 0 Å². The summed E-state index contributed by atoms with van der Waals surface area (Å²) in [6.07, 6.45) is 0.157. The molecule has 0 aliphatic rings. The number of carboxylic acid groups (broad SMARTS) is 1. The molecule has 0 amide bonds. The van der Waals surface area contributed by atoms with Crippen LogP contribution in [0.3, 0.4) is 0 Å². The monoisotopic (exact) mass is 343 g/mol. The summed E-state index contributed by atoms with van der Waals surface area (Å²) in [5, 5.41) is 9.18. The summed E-state index contributed by atoms with van der Waals surface area (Å²) < 4.78 is 31.7. The van der Waals surface area contributed by atoms with Gasteiger partial charge in [0.1, 0.15) is 6.04 Å². The fourth-order valence-corrected chi connectivity index (χ4v) is 3.53. The second-order valence-corrected chi connectivity index (χ2v) is 7.30. The van der Waals surface area contributed by atoms with Gasteiger partial charge in [-0.05, 0) is 37.0 Å². The van der Waals surface area contributed by atoms with Crippen LogP contribution in [0.2, 0.25) is 0 Å². The zero-order valence-electron chi connectivity index (χ0n) is 13.5. The molecule has 0 aliphatic carbocycles. The van der Waals surface area contributed by atoms with Crippen molar-refractivity contribution in [3.8, 4) is 0 Å². The largest absolute Gasteiger partial charge is 0.480 e. The van der Waals surface area contributed by atoms with Crippen molar-refractivity contribution < 1.29 is 27.9 Å². The molecule has 0 fully saturated rings. The second-order valence-electron chi connectivity index (χ2n) is 5.61. The van der Waals surface area contributed by atoms with Gasteiger partial charge in [-0.2, -0.15) is 4.72 Å². The third-order valence-corrected chi connectivity index (χ3v) is 4.82. The topological polar surface area (TPSA) is 110 Å². The molecule has 0 aliphatic heterocycles. The molecule has 128 valence electrons. The van der Waals surface area contributed by atoms with Crippen molar-refractivity contribution in [2.24, 2.45) is 5.92 Å². The highest BCUT2D eigenvalue weighted by atomic mass is 32.2. The lowest BCUT2D eigenvalue weighted by Crippen LogP contribution is -2.41. The van der Waals surface area contributed by atoms with Gasteiger partial charge in [0.25, 0.3) is 0 Å². The van der Waals surface area contributed by atoms with Crippen LogP contribution < -0.4 is 4.72 Å². The Kier molecular flexibility index (Phi) is 6.28. The van der Waals surface area contributed by atoms with E-state index >= 15 is 0 Å². The molecular weight excluding hydrogens is 322 g/mol. The Balaban J connectivity index is 3.21. The van der Waals surface area contributed by atoms with E-state index in [0.717, 1.165) is 0 Å². The van der Waals surface area contributed by atoms with E-state index in [1.54, 1.807) is 20.8 Å². The quantitative estimate of drug-likeness (QED) is 0.727. The second kappa shape index (κ2) is 7.56. The summed E-state index contributed by atoms with van der Waals surface area (Å²) in [4.78, 5) is 22.7. The highest BCUT2D eigenvalue weighted by molar-refractivity contribution is 7.89. The minimum absolute atomic E-state index is 0.00120. The molecule has 0 saturated carbocycles. The number of methoxy groups -OCH3 is 1. The minimum atomic E-state index is -4.08. The summed E-state index contributed by atoms with van der Waals surface area (Å²) in [5.41, 5.74) is 0.480. The standard InChI is InChI=1S/C15H21NO6S/c1-9(2)7-12(14(17)18)16-23(20,21)13-8-11(15(19)22-4)6-5-10(13)3/h5-6,8-9,12,16H,7H2,1-4H3,(H,17,18). The van der Waals surface area contributed by atoms with Gasteiger partial charge in [0.2, 0.25) is 10.0 Å². The van der Waals surface area contributed by atoms with Crippen LogP contribution >= 0.6 is 0 Å². The maximum atomic E-state index is 12.5. The molecule has 1 unspecified atom stereocenters. The van der Waals surface area contributed by atoms with Crippen LogP contribution in [0, 0.1) is 12.8 Å². The number of carbonyl (C=O) groups excluding carboxylic acids is 1. The number of carbonyl (C=O) groups is 2. The lowest BCUT2D eigenvalue weighted by atomic mass is 10.1. The first kappa shape index (κ1) is 19.1. The van der Waals surface area contributed by atoms with E-state index in [1.165, 1.54) is 25.3 Å². The maximum absolute atomic E-state index is 12.5. The van der Waals surface area contributed by atoms with Crippen molar-refractivity contribution in [1.82, 2.24) is 4.72 Å². The Labute approximate surface area is 135 Å². The van der Waals surface area contributed by atoms with Crippen LogP contribution in [0.15, 0.2) is 23.1 Å². The van der Waals surface area contributed by atoms with Gasteiger partial charge in [-0.15, -0.1) is 0 Å². The Morgan fingerprint density at radius 3 is 2.39 bits per heavy atom. The van der Waals surface area contributed by atoms with Gasteiger partial charge in [0, 0.05) is 0 Å². The molecule has 23 heavy (non-hydrogen) atoms. The number of esters is 1. The molecule has 1 aromatic carbocycles. The van der Waals surface area contributed by atoms with Gasteiger partial charge < -0.3 is 9.84 Å². The van der Waals surface area contributed by atoms with Gasteiger partial charge in [-0.25, -0.2) is 13.2 Å². The average Bonchev–Trinajstić information content (AvgIpc) is 2.45. The zero-order valence-corrected chi connectivity index (χ0v) is 14.3. The number of hydrogen-bond acceptors (Lipinski definition) is 5. The number of hydrogen-bond donors (Lipinski definition) is 2. The SMILES string of the molecule is COC(=O)c1ccc(C)c(S(=O)(=O)NC(CC(C)C)C(=O)O)c1. The minimum Gasteiger partial charge on any atom is -0.480 e. The average molecular weight is 343 g/mol. The molecule has 0 saturated heterocycles. The van der Waals surface area contributed by atoms with Crippen molar-refractivity contribution in [2.75, 3.05) is 7.11 Å². The molecular formula is C15H21NO6S. The normalized spacial score (nSPS) is 12.9. The number of aliphatic carboxylic acids is 1. The number of benzene rings is 1. The third-order valence-electron chi connectivity index (χ3n) is 3.20. The highest BCUT2D eigenvalue weighted by Crippen LogP contribution is 2.19. The fraction of sp³-hybridized carbons (Fsp3) is 0.467. The molecule has 0 bridgehead atoms. The van der Waals surface area contributed by atoms with Crippen LogP contribution in [0.25, 0.3) is 0 Å². The molecule has 0 heterocycles. The molecule has 0 aromatic heterocycles. The number of carboxylic acids is 1. The molecule has 0 spiro atoms. The fourth-order valence-electron chi connectivity index (χ4n) is 2.06. The van der Waals surface area contributed by atoms with E-state index in [9.17, 15) is 23.1 Å². The summed E-state index contributed by atoms with van der Waals surface area (Å²) in [6.45, 7) is 5.16. The zero-order chi connectivity index (χ0) is 17.8. The lowest BCUT2D eigenvalue weighted by Gasteiger charge is -2.17. The number of sulfonamides is 1. The molecule has 1 aromatic rings. The van der Waals surface area contributed by atoms with E-state index in [0.29, 0.717) is 5.56 Å². The summed E-state index contributed by atoms with van der Waals surface area (Å²) in [6, 6.07) is 2.86. The van der Waals surface area contributed by atoms with Crippen molar-refractivity contribution in [1.29, 1.82) is 0 Å². The third kappa shape index (κ3) is 5.04. The van der Waals surface area contributed by atoms with Crippen LogP contribution in [-0.4, -0.2) is 38.6 Å². The number of nitrogens with one attached hydrogen (secondary N) is 1. The van der Waals surface area contributed by atoms with Gasteiger partial charge in [0.05, 0.1) is 17.6 Å². The highest BCUT2D eigenvalue weighted by Gasteiger charge is 2.27. The molecule has 8 heteroatoms. The van der Waals surface area contributed by atoms with Crippen molar-refractivity contribution in [3.05, 3.63) is 29.3 Å². The van der Waals surface area contributed by atoms with Crippen LogP contribution in [0.5, 0.6) is 0 Å². The number of rotatable bonds is 7. The van der Waals surface area contributed by atoms with E-state index < -0.39 is 28.0 Å². The summed E-state index contributed by atoms with van der Waals surface area (Å²) in [5.74, 6) is -1.91. The van der Waals surface area contributed by atoms with Gasteiger partial charge in [-0.1, -0.05) is 19.9 Å². The predicted molar refractivity (Wildman–Crippen MR) is 83.7 cm³/mol. The molecule has 0 radical (unpaired) electrons. The van der Waals surface area contributed by atoms with Crippen LogP contribution in [-0.2, 0) is 19.6 Å². The first-order chi connectivity index (χ1) is 10.6. The summed E-state index contributed by atoms with van der Waals surface area (Å²) >= 11 is 0. The van der Waals surface area contributed by atoms with Crippen LogP contribution in [0.4, 0.5) is 0 Å². The van der Waals surface area contributed by atoms with Gasteiger partial charge in [0.15, 0.2) is 0 Å². The van der Waals surface area contributed by atoms with Crippen molar-refractivity contribution in [3.63, 3.8) is 0 Å². The smallest absolute Gasteiger partial charge is 0.337 e. The van der Waals surface area contributed by atoms with Gasteiger partial charge in [-0.3, -0.25) is 4.79 Å². The van der Waals surface area contributed by atoms with E-state index in [2.05, 4.69) is 9.46 Å². The van der Waals surface area contributed by atoms with Gasteiger partial charge >= 0.3 is 11.9 Å². The molecule has 1 atom stereocenters. The molecule has 2 N–H and O–H groups in total. The number of ether oxygens (including phenoxy) is 1. The first-order valence-corrected chi connectivity index (χ1v) is 8.51. The maximum Gasteiger partial charge on any atom is 0.337 e. The predicted octanol–water partition coefficient (Wildman–Crippen LogP) is 1.56.